The summed E-state index contributed by atoms with van der Waals surface area (Å²) >= 11 is 0. The lowest BCUT2D eigenvalue weighted by Crippen LogP contribution is -2.40. The summed E-state index contributed by atoms with van der Waals surface area (Å²) in [6, 6.07) is 24.3. The van der Waals surface area contributed by atoms with Gasteiger partial charge in [-0.25, -0.2) is 4.79 Å². The summed E-state index contributed by atoms with van der Waals surface area (Å²) in [6.07, 6.45) is -0.570. The number of esters is 1. The predicted octanol–water partition coefficient (Wildman–Crippen LogP) is 5.18. The van der Waals surface area contributed by atoms with E-state index >= 15 is 0 Å². The van der Waals surface area contributed by atoms with Gasteiger partial charge in [0.2, 0.25) is 0 Å². The van der Waals surface area contributed by atoms with Crippen molar-refractivity contribution in [2.24, 2.45) is 0 Å². The average Bonchev–Trinajstić information content (AvgIpc) is 2.82. The zero-order valence-corrected chi connectivity index (χ0v) is 20.1. The molecule has 2 N–H and O–H groups in total. The number of rotatable bonds is 8. The van der Waals surface area contributed by atoms with Crippen molar-refractivity contribution in [1.82, 2.24) is 5.32 Å². The van der Waals surface area contributed by atoms with Crippen LogP contribution in [0.1, 0.15) is 43.5 Å². The van der Waals surface area contributed by atoms with Crippen molar-refractivity contribution in [2.75, 3.05) is 5.32 Å². The van der Waals surface area contributed by atoms with Crippen LogP contribution in [0.5, 0.6) is 0 Å². The molecule has 1 atom stereocenters. The first-order valence-electron chi connectivity index (χ1n) is 11.3. The molecule has 182 valence electrons. The lowest BCUT2D eigenvalue weighted by Gasteiger charge is -2.23. The number of hydrogen-bond donors (Lipinski definition) is 2. The Labute approximate surface area is 205 Å². The number of ether oxygens (including phenoxy) is 2. The van der Waals surface area contributed by atoms with Gasteiger partial charge in [0.15, 0.2) is 0 Å². The van der Waals surface area contributed by atoms with Crippen molar-refractivity contribution in [3.63, 3.8) is 0 Å². The van der Waals surface area contributed by atoms with Gasteiger partial charge in [-0.15, -0.1) is 0 Å². The van der Waals surface area contributed by atoms with E-state index in [4.69, 9.17) is 9.47 Å². The maximum absolute atomic E-state index is 13.0. The Kier molecular flexibility index (Phi) is 8.62. The number of amides is 2. The maximum Gasteiger partial charge on any atom is 0.408 e. The van der Waals surface area contributed by atoms with E-state index in [-0.39, 0.29) is 19.0 Å². The first kappa shape index (κ1) is 25.5. The second kappa shape index (κ2) is 11.8. The van der Waals surface area contributed by atoms with Crippen LogP contribution in [0, 0.1) is 0 Å². The normalized spacial score (nSPS) is 11.7. The van der Waals surface area contributed by atoms with Crippen molar-refractivity contribution >= 4 is 23.7 Å². The van der Waals surface area contributed by atoms with E-state index < -0.39 is 23.6 Å². The summed E-state index contributed by atoms with van der Waals surface area (Å²) in [6.45, 7) is 5.48. The Morgan fingerprint density at radius 1 is 0.800 bits per heavy atom. The lowest BCUT2D eigenvalue weighted by atomic mass is 10.1. The molecule has 0 radical (unpaired) electrons. The molecule has 0 aliphatic carbocycles. The Morgan fingerprint density at radius 3 is 2.00 bits per heavy atom. The van der Waals surface area contributed by atoms with Crippen LogP contribution < -0.4 is 10.6 Å². The number of carbonyl (C=O) groups is 3. The summed E-state index contributed by atoms with van der Waals surface area (Å²) in [5.74, 6) is -0.756. The van der Waals surface area contributed by atoms with Gasteiger partial charge in [-0.1, -0.05) is 72.8 Å². The smallest absolute Gasteiger partial charge is 0.408 e. The van der Waals surface area contributed by atoms with E-state index in [0.717, 1.165) is 11.1 Å². The maximum atomic E-state index is 13.0. The predicted molar refractivity (Wildman–Crippen MR) is 134 cm³/mol. The van der Waals surface area contributed by atoms with Gasteiger partial charge in [0, 0.05) is 5.69 Å². The molecular formula is C28H30N2O5. The summed E-state index contributed by atoms with van der Waals surface area (Å²) < 4.78 is 10.6. The topological polar surface area (TPSA) is 93.7 Å². The van der Waals surface area contributed by atoms with Crippen LogP contribution >= 0.6 is 0 Å². The first-order valence-corrected chi connectivity index (χ1v) is 11.3. The molecule has 2 amide bonds. The molecule has 0 aliphatic heterocycles. The van der Waals surface area contributed by atoms with Gasteiger partial charge >= 0.3 is 12.1 Å². The molecule has 0 aromatic heterocycles. The highest BCUT2D eigenvalue weighted by Gasteiger charge is 2.26. The van der Waals surface area contributed by atoms with Crippen LogP contribution in [0.4, 0.5) is 10.5 Å². The SMILES string of the molecule is CC(C)(C)OC(=O)N[C@H](C(=O)Nc1ccc(CC(=O)OCc2ccccc2)cc1)c1ccccc1. The monoisotopic (exact) mass is 474 g/mol. The molecule has 7 nitrogen and oxygen atoms in total. The van der Waals surface area contributed by atoms with Crippen LogP contribution in [0.3, 0.4) is 0 Å². The van der Waals surface area contributed by atoms with Crippen molar-refractivity contribution in [1.29, 1.82) is 0 Å². The Morgan fingerprint density at radius 2 is 1.40 bits per heavy atom. The minimum atomic E-state index is -0.946. The van der Waals surface area contributed by atoms with Crippen molar-refractivity contribution in [3.05, 3.63) is 102 Å². The largest absolute Gasteiger partial charge is 0.461 e. The molecule has 0 fully saturated rings. The fraction of sp³-hybridized carbons (Fsp3) is 0.250. The summed E-state index contributed by atoms with van der Waals surface area (Å²) in [5, 5.41) is 5.45. The molecule has 0 aliphatic rings. The third kappa shape index (κ3) is 8.62. The van der Waals surface area contributed by atoms with Crippen LogP contribution in [0.25, 0.3) is 0 Å². The lowest BCUT2D eigenvalue weighted by molar-refractivity contribution is -0.144. The molecule has 0 saturated carbocycles. The third-order valence-corrected chi connectivity index (χ3v) is 4.87. The van der Waals surface area contributed by atoms with E-state index in [1.54, 1.807) is 69.3 Å². The van der Waals surface area contributed by atoms with Crippen LogP contribution in [0.15, 0.2) is 84.9 Å². The Bertz CT molecular complexity index is 1120. The average molecular weight is 475 g/mol. The van der Waals surface area contributed by atoms with Gasteiger partial charge in [-0.3, -0.25) is 9.59 Å². The standard InChI is InChI=1S/C28H30N2O5/c1-28(2,3)35-27(33)30-25(22-12-8-5-9-13-22)26(32)29-23-16-14-20(15-17-23)18-24(31)34-19-21-10-6-4-7-11-21/h4-17,25H,18-19H2,1-3H3,(H,29,32)(H,30,33)/t25-/m0/s1. The van der Waals surface area contributed by atoms with Gasteiger partial charge < -0.3 is 20.1 Å². The highest BCUT2D eigenvalue weighted by molar-refractivity contribution is 5.97. The molecule has 0 bridgehead atoms. The van der Waals surface area contributed by atoms with Crippen LogP contribution in [-0.4, -0.2) is 23.6 Å². The molecule has 0 heterocycles. The number of carbonyl (C=O) groups excluding carboxylic acids is 3. The minimum Gasteiger partial charge on any atom is -0.461 e. The molecule has 3 aromatic rings. The van der Waals surface area contributed by atoms with Crippen molar-refractivity contribution in [3.8, 4) is 0 Å². The molecule has 3 rings (SSSR count). The Balaban J connectivity index is 1.60. The third-order valence-electron chi connectivity index (χ3n) is 4.87. The van der Waals surface area contributed by atoms with Gasteiger partial charge in [-0.05, 0) is 49.6 Å². The molecule has 0 unspecified atom stereocenters. The molecule has 0 saturated heterocycles. The Hall–Kier alpha value is -4.13. The zero-order chi connectivity index (χ0) is 25.3. The molecule has 35 heavy (non-hydrogen) atoms. The highest BCUT2D eigenvalue weighted by atomic mass is 16.6. The quantitative estimate of drug-likeness (QED) is 0.439. The van der Waals surface area contributed by atoms with Crippen LogP contribution in [-0.2, 0) is 32.1 Å². The van der Waals surface area contributed by atoms with Gasteiger partial charge in [0.25, 0.3) is 5.91 Å². The zero-order valence-electron chi connectivity index (χ0n) is 20.1. The molecule has 3 aromatic carbocycles. The van der Waals surface area contributed by atoms with Gasteiger partial charge in [-0.2, -0.15) is 0 Å². The van der Waals surface area contributed by atoms with Gasteiger partial charge in [0.1, 0.15) is 18.2 Å². The summed E-state index contributed by atoms with van der Waals surface area (Å²) in [4.78, 5) is 37.5. The molecule has 0 spiro atoms. The van der Waals surface area contributed by atoms with E-state index in [2.05, 4.69) is 10.6 Å². The van der Waals surface area contributed by atoms with E-state index in [1.165, 1.54) is 0 Å². The number of hydrogen-bond acceptors (Lipinski definition) is 5. The minimum absolute atomic E-state index is 0.119. The number of nitrogens with one attached hydrogen (secondary N) is 2. The fourth-order valence-corrected chi connectivity index (χ4v) is 3.25. The number of anilines is 1. The molecular weight excluding hydrogens is 444 g/mol. The second-order valence-electron chi connectivity index (χ2n) is 9.00. The van der Waals surface area contributed by atoms with Crippen molar-refractivity contribution < 1.29 is 23.9 Å². The summed E-state index contributed by atoms with van der Waals surface area (Å²) in [7, 11) is 0. The van der Waals surface area contributed by atoms with Gasteiger partial charge in [0.05, 0.1) is 6.42 Å². The van der Waals surface area contributed by atoms with Crippen LogP contribution in [0.2, 0.25) is 0 Å². The van der Waals surface area contributed by atoms with E-state index in [9.17, 15) is 14.4 Å². The summed E-state index contributed by atoms with van der Waals surface area (Å²) in [5.41, 5.74) is 2.14. The number of alkyl carbamates (subject to hydrolysis) is 1. The number of benzene rings is 3. The highest BCUT2D eigenvalue weighted by Crippen LogP contribution is 2.18. The fourth-order valence-electron chi connectivity index (χ4n) is 3.25. The van der Waals surface area contributed by atoms with Crippen molar-refractivity contribution in [2.45, 2.75) is 45.4 Å². The van der Waals surface area contributed by atoms with E-state index in [0.29, 0.717) is 11.3 Å². The first-order chi connectivity index (χ1) is 16.7. The molecule has 7 heteroatoms. The van der Waals surface area contributed by atoms with E-state index in [1.807, 2.05) is 36.4 Å². The second-order valence-corrected chi connectivity index (χ2v) is 9.00.